The SMILES string of the molecule is N#Cc1ccc(S(=O)(=O)NCC(O)c2ccsc2)c(F)c1. The predicted octanol–water partition coefficient (Wildman–Crippen LogP) is 1.77. The monoisotopic (exact) mass is 326 g/mol. The summed E-state index contributed by atoms with van der Waals surface area (Å²) in [5.74, 6) is -1.01. The van der Waals surface area contributed by atoms with Crippen molar-refractivity contribution in [1.29, 1.82) is 5.26 Å². The highest BCUT2D eigenvalue weighted by Gasteiger charge is 2.21. The van der Waals surface area contributed by atoms with Gasteiger partial charge in [0.15, 0.2) is 0 Å². The molecule has 0 aliphatic heterocycles. The quantitative estimate of drug-likeness (QED) is 0.876. The third kappa shape index (κ3) is 3.65. The lowest BCUT2D eigenvalue weighted by atomic mass is 10.2. The molecule has 0 spiro atoms. The molecule has 0 fully saturated rings. The number of hydrogen-bond donors (Lipinski definition) is 2. The summed E-state index contributed by atoms with van der Waals surface area (Å²) in [6.07, 6.45) is -1.01. The first-order valence-electron chi connectivity index (χ1n) is 5.83. The zero-order valence-corrected chi connectivity index (χ0v) is 12.3. The summed E-state index contributed by atoms with van der Waals surface area (Å²) in [7, 11) is -4.09. The van der Waals surface area contributed by atoms with Gasteiger partial charge in [-0.3, -0.25) is 0 Å². The molecule has 8 heteroatoms. The molecule has 2 aromatic rings. The summed E-state index contributed by atoms with van der Waals surface area (Å²) in [5.41, 5.74) is 0.618. The van der Waals surface area contributed by atoms with Crippen molar-refractivity contribution >= 4 is 21.4 Å². The van der Waals surface area contributed by atoms with Gasteiger partial charge in [-0.1, -0.05) is 0 Å². The van der Waals surface area contributed by atoms with Gasteiger partial charge in [-0.2, -0.15) is 16.6 Å². The van der Waals surface area contributed by atoms with Crippen LogP contribution >= 0.6 is 11.3 Å². The first kappa shape index (κ1) is 15.6. The Bertz CT molecular complexity index is 767. The van der Waals surface area contributed by atoms with Crippen LogP contribution in [0, 0.1) is 17.1 Å². The zero-order valence-electron chi connectivity index (χ0n) is 10.7. The average molecular weight is 326 g/mol. The first-order valence-corrected chi connectivity index (χ1v) is 8.26. The van der Waals surface area contributed by atoms with E-state index in [2.05, 4.69) is 4.72 Å². The van der Waals surface area contributed by atoms with Gasteiger partial charge < -0.3 is 5.11 Å². The van der Waals surface area contributed by atoms with Crippen molar-refractivity contribution in [3.05, 3.63) is 52.0 Å². The number of nitrogens with one attached hydrogen (secondary N) is 1. The van der Waals surface area contributed by atoms with E-state index in [1.807, 2.05) is 0 Å². The minimum Gasteiger partial charge on any atom is -0.387 e. The Hall–Kier alpha value is -1.79. The number of thiophene rings is 1. The molecular weight excluding hydrogens is 315 g/mol. The smallest absolute Gasteiger partial charge is 0.243 e. The van der Waals surface area contributed by atoms with Gasteiger partial charge in [0.1, 0.15) is 10.7 Å². The number of sulfonamides is 1. The van der Waals surface area contributed by atoms with E-state index in [9.17, 15) is 17.9 Å². The van der Waals surface area contributed by atoms with Crippen LogP contribution < -0.4 is 4.72 Å². The van der Waals surface area contributed by atoms with Crippen molar-refractivity contribution in [1.82, 2.24) is 4.72 Å². The van der Waals surface area contributed by atoms with Crippen LogP contribution in [-0.4, -0.2) is 20.1 Å². The lowest BCUT2D eigenvalue weighted by Crippen LogP contribution is -2.29. The lowest BCUT2D eigenvalue weighted by molar-refractivity contribution is 0.182. The minimum absolute atomic E-state index is 0.0322. The van der Waals surface area contributed by atoms with E-state index < -0.39 is 26.8 Å². The van der Waals surface area contributed by atoms with Crippen LogP contribution in [0.1, 0.15) is 17.2 Å². The fourth-order valence-corrected chi connectivity index (χ4v) is 3.44. The highest BCUT2D eigenvalue weighted by molar-refractivity contribution is 7.89. The van der Waals surface area contributed by atoms with Crippen LogP contribution in [0.2, 0.25) is 0 Å². The fourth-order valence-electron chi connectivity index (χ4n) is 1.64. The Morgan fingerprint density at radius 1 is 1.43 bits per heavy atom. The fraction of sp³-hybridized carbons (Fsp3) is 0.154. The molecule has 1 heterocycles. The van der Waals surface area contributed by atoms with Gasteiger partial charge in [0, 0.05) is 6.54 Å². The highest BCUT2D eigenvalue weighted by Crippen LogP contribution is 2.18. The van der Waals surface area contributed by atoms with E-state index in [4.69, 9.17) is 5.26 Å². The number of nitrogens with zero attached hydrogens (tertiary/aromatic N) is 1. The number of benzene rings is 1. The molecule has 2 N–H and O–H groups in total. The summed E-state index contributed by atoms with van der Waals surface area (Å²) in [6.45, 7) is -0.265. The molecule has 1 aromatic carbocycles. The standard InChI is InChI=1S/C13H11FN2O3S2/c14-11-5-9(6-15)1-2-13(11)21(18,19)16-7-12(17)10-3-4-20-8-10/h1-5,8,12,16-17H,7H2. The maximum Gasteiger partial charge on any atom is 0.243 e. The normalized spacial score (nSPS) is 12.8. The van der Waals surface area contributed by atoms with E-state index in [1.54, 1.807) is 22.9 Å². The van der Waals surface area contributed by atoms with Crippen molar-refractivity contribution in [3.63, 3.8) is 0 Å². The van der Waals surface area contributed by atoms with Crippen LogP contribution in [0.4, 0.5) is 4.39 Å². The Morgan fingerprint density at radius 3 is 2.76 bits per heavy atom. The molecule has 2 rings (SSSR count). The molecule has 1 aromatic heterocycles. The number of halogens is 1. The van der Waals surface area contributed by atoms with Crippen molar-refractivity contribution < 1.29 is 17.9 Å². The van der Waals surface area contributed by atoms with Crippen molar-refractivity contribution in [2.45, 2.75) is 11.0 Å². The van der Waals surface area contributed by atoms with Gasteiger partial charge in [-0.15, -0.1) is 0 Å². The van der Waals surface area contributed by atoms with E-state index >= 15 is 0 Å². The molecule has 0 radical (unpaired) electrons. The largest absolute Gasteiger partial charge is 0.387 e. The van der Waals surface area contributed by atoms with Crippen LogP contribution in [-0.2, 0) is 10.0 Å². The van der Waals surface area contributed by atoms with Crippen LogP contribution in [0.25, 0.3) is 0 Å². The summed E-state index contributed by atoms with van der Waals surface area (Å²) < 4.78 is 39.8. The zero-order chi connectivity index (χ0) is 15.5. The second-order valence-corrected chi connectivity index (χ2v) is 6.70. The van der Waals surface area contributed by atoms with Gasteiger partial charge in [-0.05, 0) is 40.6 Å². The molecule has 0 saturated heterocycles. The maximum atomic E-state index is 13.7. The van der Waals surface area contributed by atoms with Crippen molar-refractivity contribution in [3.8, 4) is 6.07 Å². The van der Waals surface area contributed by atoms with Crippen LogP contribution in [0.5, 0.6) is 0 Å². The van der Waals surface area contributed by atoms with Crippen LogP contribution in [0.15, 0.2) is 39.9 Å². The second-order valence-electron chi connectivity index (χ2n) is 4.18. The Kier molecular flexibility index (Phi) is 4.69. The van der Waals surface area contributed by atoms with Gasteiger partial charge >= 0.3 is 0 Å². The predicted molar refractivity (Wildman–Crippen MR) is 75.6 cm³/mol. The van der Waals surface area contributed by atoms with Gasteiger partial charge in [-0.25, -0.2) is 17.5 Å². The molecule has 0 bridgehead atoms. The second kappa shape index (κ2) is 6.32. The van der Waals surface area contributed by atoms with E-state index in [1.165, 1.54) is 17.4 Å². The first-order chi connectivity index (χ1) is 9.94. The Morgan fingerprint density at radius 2 is 2.19 bits per heavy atom. The maximum absolute atomic E-state index is 13.7. The molecule has 1 atom stereocenters. The Labute approximate surface area is 125 Å². The molecule has 21 heavy (non-hydrogen) atoms. The number of nitriles is 1. The third-order valence-corrected chi connectivity index (χ3v) is 4.90. The molecule has 0 amide bonds. The molecule has 0 aliphatic rings. The lowest BCUT2D eigenvalue weighted by Gasteiger charge is -2.11. The van der Waals surface area contributed by atoms with E-state index in [-0.39, 0.29) is 12.1 Å². The average Bonchev–Trinajstić information content (AvgIpc) is 2.98. The summed E-state index contributed by atoms with van der Waals surface area (Å²) in [5, 5.41) is 21.9. The number of aliphatic hydroxyl groups excluding tert-OH is 1. The number of rotatable bonds is 5. The molecule has 0 saturated carbocycles. The third-order valence-electron chi connectivity index (χ3n) is 2.75. The molecule has 110 valence electrons. The van der Waals surface area contributed by atoms with Gasteiger partial charge in [0.25, 0.3) is 0 Å². The van der Waals surface area contributed by atoms with E-state index in [0.29, 0.717) is 5.56 Å². The van der Waals surface area contributed by atoms with Gasteiger partial charge in [0.2, 0.25) is 10.0 Å². The highest BCUT2D eigenvalue weighted by atomic mass is 32.2. The Balaban J connectivity index is 2.14. The van der Waals surface area contributed by atoms with Crippen LogP contribution in [0.3, 0.4) is 0 Å². The number of hydrogen-bond acceptors (Lipinski definition) is 5. The molecular formula is C13H11FN2O3S2. The van der Waals surface area contributed by atoms with Gasteiger partial charge in [0.05, 0.1) is 17.7 Å². The topological polar surface area (TPSA) is 90.2 Å². The van der Waals surface area contributed by atoms with Crippen molar-refractivity contribution in [2.75, 3.05) is 6.54 Å². The van der Waals surface area contributed by atoms with E-state index in [0.717, 1.165) is 12.1 Å². The molecule has 5 nitrogen and oxygen atoms in total. The summed E-state index contributed by atoms with van der Waals surface area (Å²) in [6, 6.07) is 6.48. The summed E-state index contributed by atoms with van der Waals surface area (Å²) >= 11 is 1.38. The van der Waals surface area contributed by atoms with Crippen molar-refractivity contribution in [2.24, 2.45) is 0 Å². The summed E-state index contributed by atoms with van der Waals surface area (Å²) in [4.78, 5) is -0.556. The minimum atomic E-state index is -4.09. The number of aliphatic hydroxyl groups is 1. The molecule has 1 unspecified atom stereocenters. The molecule has 0 aliphatic carbocycles.